The summed E-state index contributed by atoms with van der Waals surface area (Å²) in [6.45, 7) is 4.63. The zero-order valence-corrected chi connectivity index (χ0v) is 12.2. The predicted octanol–water partition coefficient (Wildman–Crippen LogP) is 2.13. The second kappa shape index (κ2) is 4.73. The van der Waals surface area contributed by atoms with Crippen LogP contribution in [0, 0.1) is 13.8 Å². The molecule has 108 valence electrons. The number of hydrogen-bond acceptors (Lipinski definition) is 3. The van der Waals surface area contributed by atoms with Crippen LogP contribution in [-0.4, -0.2) is 30.4 Å². The minimum Gasteiger partial charge on any atom is -0.478 e. The summed E-state index contributed by atoms with van der Waals surface area (Å²) in [6.07, 6.45) is 1.74. The van der Waals surface area contributed by atoms with Crippen LogP contribution in [0.2, 0.25) is 0 Å². The molecule has 0 aliphatic carbocycles. The van der Waals surface area contributed by atoms with Crippen LogP contribution < -0.4 is 0 Å². The third kappa shape index (κ3) is 2.18. The van der Waals surface area contributed by atoms with Gasteiger partial charge < -0.3 is 9.67 Å². The van der Waals surface area contributed by atoms with Crippen LogP contribution in [-0.2, 0) is 13.6 Å². The number of carbonyl (C=O) groups is 1. The lowest BCUT2D eigenvalue weighted by atomic mass is 10.1. The van der Waals surface area contributed by atoms with Crippen molar-refractivity contribution in [3.8, 4) is 0 Å². The molecule has 0 aliphatic heterocycles. The minimum absolute atomic E-state index is 0.267. The molecule has 0 saturated carbocycles. The van der Waals surface area contributed by atoms with Crippen LogP contribution in [0.25, 0.3) is 11.0 Å². The first kappa shape index (κ1) is 13.4. The van der Waals surface area contributed by atoms with Crippen molar-refractivity contribution in [1.29, 1.82) is 0 Å². The third-order valence-corrected chi connectivity index (χ3v) is 3.86. The van der Waals surface area contributed by atoms with Crippen molar-refractivity contribution in [2.24, 2.45) is 7.05 Å². The van der Waals surface area contributed by atoms with Crippen LogP contribution in [0.1, 0.15) is 27.3 Å². The Hall–Kier alpha value is -2.63. The van der Waals surface area contributed by atoms with Crippen LogP contribution >= 0.6 is 0 Å². The quantitative estimate of drug-likeness (QED) is 0.799. The summed E-state index contributed by atoms with van der Waals surface area (Å²) < 4.78 is 3.81. The Morgan fingerprint density at radius 1 is 1.33 bits per heavy atom. The zero-order chi connectivity index (χ0) is 15.1. The fraction of sp³-hybridized carbons (Fsp3) is 0.267. The molecule has 0 atom stereocenters. The molecule has 0 aliphatic rings. The molecule has 3 rings (SSSR count). The highest BCUT2D eigenvalue weighted by atomic mass is 16.4. The van der Waals surface area contributed by atoms with E-state index in [1.54, 1.807) is 24.5 Å². The van der Waals surface area contributed by atoms with Gasteiger partial charge in [0.2, 0.25) is 0 Å². The fourth-order valence-electron chi connectivity index (χ4n) is 2.53. The van der Waals surface area contributed by atoms with Gasteiger partial charge >= 0.3 is 5.97 Å². The molecule has 1 aromatic carbocycles. The highest BCUT2D eigenvalue weighted by molar-refractivity contribution is 5.92. The van der Waals surface area contributed by atoms with Gasteiger partial charge in [0, 0.05) is 18.3 Å². The van der Waals surface area contributed by atoms with Crippen LogP contribution in [0.4, 0.5) is 0 Å². The maximum absolute atomic E-state index is 11.1. The van der Waals surface area contributed by atoms with Crippen LogP contribution in [0.3, 0.4) is 0 Å². The maximum Gasteiger partial charge on any atom is 0.335 e. The van der Waals surface area contributed by atoms with Crippen LogP contribution in [0.15, 0.2) is 24.5 Å². The van der Waals surface area contributed by atoms with E-state index >= 15 is 0 Å². The van der Waals surface area contributed by atoms with E-state index in [1.165, 1.54) is 0 Å². The van der Waals surface area contributed by atoms with Crippen molar-refractivity contribution in [1.82, 2.24) is 19.3 Å². The van der Waals surface area contributed by atoms with Crippen molar-refractivity contribution in [3.05, 3.63) is 47.0 Å². The molecule has 3 aromatic rings. The molecular formula is C15H16N4O2. The van der Waals surface area contributed by atoms with E-state index in [9.17, 15) is 4.79 Å². The standard InChI is InChI=1S/C15H16N4O2/c1-9-12(10(2)18(3)17-9)7-19-8-16-13-5-4-11(15(20)21)6-14(13)19/h4-6,8H,7H2,1-3H3,(H,20,21). The number of aryl methyl sites for hydroxylation is 2. The summed E-state index contributed by atoms with van der Waals surface area (Å²) in [6, 6.07) is 4.96. The van der Waals surface area contributed by atoms with Crippen LogP contribution in [0.5, 0.6) is 0 Å². The number of imidazole rings is 1. The molecule has 0 spiro atoms. The van der Waals surface area contributed by atoms with E-state index in [1.807, 2.05) is 30.1 Å². The molecule has 2 heterocycles. The third-order valence-electron chi connectivity index (χ3n) is 3.86. The van der Waals surface area contributed by atoms with Crippen molar-refractivity contribution in [2.75, 3.05) is 0 Å². The Morgan fingerprint density at radius 2 is 2.10 bits per heavy atom. The average molecular weight is 284 g/mol. The molecular weight excluding hydrogens is 268 g/mol. The van der Waals surface area contributed by atoms with E-state index in [0.717, 1.165) is 28.0 Å². The molecule has 0 unspecified atom stereocenters. The van der Waals surface area contributed by atoms with Crippen molar-refractivity contribution >= 4 is 17.0 Å². The Kier molecular flexibility index (Phi) is 3.01. The number of benzene rings is 1. The summed E-state index contributed by atoms with van der Waals surface area (Å²) in [4.78, 5) is 15.4. The lowest BCUT2D eigenvalue weighted by Crippen LogP contribution is -2.02. The highest BCUT2D eigenvalue weighted by Crippen LogP contribution is 2.19. The topological polar surface area (TPSA) is 72.9 Å². The first-order chi connectivity index (χ1) is 9.97. The average Bonchev–Trinajstić information content (AvgIpc) is 2.95. The smallest absolute Gasteiger partial charge is 0.335 e. The van der Waals surface area contributed by atoms with Gasteiger partial charge in [0.15, 0.2) is 0 Å². The lowest BCUT2D eigenvalue weighted by molar-refractivity contribution is 0.0697. The number of rotatable bonds is 3. The zero-order valence-electron chi connectivity index (χ0n) is 12.2. The number of carboxylic acids is 1. The van der Waals surface area contributed by atoms with Crippen molar-refractivity contribution in [3.63, 3.8) is 0 Å². The summed E-state index contributed by atoms with van der Waals surface area (Å²) in [5.41, 5.74) is 5.09. The van der Waals surface area contributed by atoms with Gasteiger partial charge in [0.05, 0.1) is 35.2 Å². The molecule has 0 fully saturated rings. The largest absolute Gasteiger partial charge is 0.478 e. The molecule has 6 heteroatoms. The first-order valence-corrected chi connectivity index (χ1v) is 6.64. The maximum atomic E-state index is 11.1. The lowest BCUT2D eigenvalue weighted by Gasteiger charge is -2.06. The Morgan fingerprint density at radius 3 is 2.71 bits per heavy atom. The number of aromatic carboxylic acids is 1. The summed E-state index contributed by atoms with van der Waals surface area (Å²) >= 11 is 0. The number of fused-ring (bicyclic) bond motifs is 1. The molecule has 0 bridgehead atoms. The monoisotopic (exact) mass is 284 g/mol. The number of hydrogen-bond donors (Lipinski definition) is 1. The van der Waals surface area contributed by atoms with Gasteiger partial charge in [0.1, 0.15) is 0 Å². The van der Waals surface area contributed by atoms with Gasteiger partial charge in [0.25, 0.3) is 0 Å². The molecule has 21 heavy (non-hydrogen) atoms. The Balaban J connectivity index is 2.08. The van der Waals surface area contributed by atoms with E-state index in [0.29, 0.717) is 6.54 Å². The normalized spacial score (nSPS) is 11.2. The Labute approximate surface area is 121 Å². The molecule has 1 N–H and O–H groups in total. The molecule has 0 amide bonds. The van der Waals surface area contributed by atoms with Crippen molar-refractivity contribution < 1.29 is 9.90 Å². The summed E-state index contributed by atoms with van der Waals surface area (Å²) in [7, 11) is 1.92. The van der Waals surface area contributed by atoms with Gasteiger partial charge in [-0.2, -0.15) is 5.10 Å². The highest BCUT2D eigenvalue weighted by Gasteiger charge is 2.13. The molecule has 2 aromatic heterocycles. The first-order valence-electron chi connectivity index (χ1n) is 6.64. The molecule has 6 nitrogen and oxygen atoms in total. The van der Waals surface area contributed by atoms with E-state index in [-0.39, 0.29) is 5.56 Å². The molecule has 0 saturated heterocycles. The van der Waals surface area contributed by atoms with Crippen molar-refractivity contribution in [2.45, 2.75) is 20.4 Å². The SMILES string of the molecule is Cc1nn(C)c(C)c1Cn1cnc2ccc(C(=O)O)cc21. The minimum atomic E-state index is -0.932. The van der Waals surface area contributed by atoms with Gasteiger partial charge in [-0.3, -0.25) is 4.68 Å². The summed E-state index contributed by atoms with van der Waals surface area (Å²) in [5.74, 6) is -0.932. The van der Waals surface area contributed by atoms with Gasteiger partial charge in [-0.25, -0.2) is 9.78 Å². The number of carboxylic acid groups (broad SMARTS) is 1. The Bertz CT molecular complexity index is 845. The second-order valence-corrected chi connectivity index (χ2v) is 5.15. The predicted molar refractivity (Wildman–Crippen MR) is 78.5 cm³/mol. The summed E-state index contributed by atoms with van der Waals surface area (Å²) in [5, 5.41) is 13.5. The second-order valence-electron chi connectivity index (χ2n) is 5.15. The van der Waals surface area contributed by atoms with E-state index in [2.05, 4.69) is 10.1 Å². The van der Waals surface area contributed by atoms with Gasteiger partial charge in [-0.1, -0.05) is 0 Å². The fourth-order valence-corrected chi connectivity index (χ4v) is 2.53. The number of nitrogens with zero attached hydrogens (tertiary/aromatic N) is 4. The van der Waals surface area contributed by atoms with Gasteiger partial charge in [-0.15, -0.1) is 0 Å². The van der Waals surface area contributed by atoms with E-state index in [4.69, 9.17) is 5.11 Å². The van der Waals surface area contributed by atoms with Gasteiger partial charge in [-0.05, 0) is 32.0 Å². The van der Waals surface area contributed by atoms with E-state index < -0.39 is 5.97 Å². The molecule has 0 radical (unpaired) electrons. The number of aromatic nitrogens is 4.